The van der Waals surface area contributed by atoms with Gasteiger partial charge in [-0.15, -0.1) is 0 Å². The van der Waals surface area contributed by atoms with E-state index in [0.29, 0.717) is 13.0 Å². The van der Waals surface area contributed by atoms with E-state index in [9.17, 15) is 14.3 Å². The van der Waals surface area contributed by atoms with Gasteiger partial charge in [0.25, 0.3) is 0 Å². The van der Waals surface area contributed by atoms with Crippen LogP contribution in [0, 0.1) is 0 Å². The summed E-state index contributed by atoms with van der Waals surface area (Å²) in [6.45, 7) is 4.87. The molecule has 0 aliphatic carbocycles. The van der Waals surface area contributed by atoms with Gasteiger partial charge in [-0.3, -0.25) is 13.8 Å². The number of phosphoric ester groups is 1. The molecule has 2 atom stereocenters. The Hall–Kier alpha value is -1.54. The summed E-state index contributed by atoms with van der Waals surface area (Å²) >= 11 is 0. The average molecular weight is 810 g/mol. The molecule has 0 spiro atoms. The lowest BCUT2D eigenvalue weighted by Crippen LogP contribution is -2.28. The molecule has 0 bridgehead atoms. The minimum absolute atomic E-state index is 0.0974. The summed E-state index contributed by atoms with van der Waals surface area (Å²) in [6, 6.07) is 0. The van der Waals surface area contributed by atoms with Gasteiger partial charge in [0.1, 0.15) is 6.10 Å². The Morgan fingerprint density at radius 1 is 0.536 bits per heavy atom. The molecule has 0 aromatic rings. The Bertz CT molecular complexity index is 999. The first-order chi connectivity index (χ1) is 27.4. The molecule has 0 aromatic carbocycles. The first-order valence-corrected chi connectivity index (χ1v) is 24.6. The lowest BCUT2D eigenvalue weighted by molar-refractivity contribution is -0.154. The molecule has 9 heteroatoms. The standard InChI is InChI=1S/C47H88NO7P/c1-3-5-7-9-11-13-15-17-19-21-23-24-26-28-30-32-34-36-38-40-47(49)55-46(45-54-56(50,51)53-43-41-48)44-52-42-39-37-35-33-31-29-27-25-22-20-18-16-14-12-10-8-6-4-2/h11-14,17-20,46H,3-10,15-16,21-45,48H2,1-2H3,(H,50,51)/b13-11-,14-12-,19-17-,20-18-. The topological polar surface area (TPSA) is 117 Å². The predicted octanol–water partition coefficient (Wildman–Crippen LogP) is 14.0. The zero-order valence-corrected chi connectivity index (χ0v) is 37.3. The molecule has 328 valence electrons. The van der Waals surface area contributed by atoms with E-state index in [-0.39, 0.29) is 32.3 Å². The van der Waals surface area contributed by atoms with Gasteiger partial charge in [-0.25, -0.2) is 4.57 Å². The molecule has 0 saturated carbocycles. The smallest absolute Gasteiger partial charge is 0.457 e. The molecule has 0 heterocycles. The molecule has 0 aliphatic heterocycles. The zero-order valence-electron chi connectivity index (χ0n) is 36.4. The molecule has 56 heavy (non-hydrogen) atoms. The van der Waals surface area contributed by atoms with Crippen molar-refractivity contribution in [2.24, 2.45) is 5.73 Å². The summed E-state index contributed by atoms with van der Waals surface area (Å²) < 4.78 is 33.5. The lowest BCUT2D eigenvalue weighted by Gasteiger charge is -2.20. The van der Waals surface area contributed by atoms with Crippen molar-refractivity contribution >= 4 is 13.8 Å². The number of unbranched alkanes of at least 4 members (excludes halogenated alkanes) is 23. The molecule has 0 rings (SSSR count). The van der Waals surface area contributed by atoms with Gasteiger partial charge in [-0.05, 0) is 77.0 Å². The van der Waals surface area contributed by atoms with Crippen molar-refractivity contribution in [3.05, 3.63) is 48.6 Å². The van der Waals surface area contributed by atoms with E-state index < -0.39 is 13.9 Å². The van der Waals surface area contributed by atoms with Gasteiger partial charge in [0.05, 0.1) is 19.8 Å². The number of carbonyl (C=O) groups excluding carboxylic acids is 1. The SMILES string of the molecule is CCCCC/C=C\C/C=C\CCCCCCCCCCCC(=O)OC(COCCCCCCCCCC/C=C\C/C=C\CCCCC)COP(=O)(O)OCCN. The van der Waals surface area contributed by atoms with E-state index in [2.05, 4.69) is 62.5 Å². The fourth-order valence-electron chi connectivity index (χ4n) is 6.29. The second-order valence-electron chi connectivity index (χ2n) is 15.3. The maximum atomic E-state index is 12.6. The number of phosphoric acid groups is 1. The van der Waals surface area contributed by atoms with E-state index in [1.807, 2.05) is 0 Å². The fraction of sp³-hybridized carbons (Fsp3) is 0.809. The summed E-state index contributed by atoms with van der Waals surface area (Å²) in [6.07, 6.45) is 52.7. The molecule has 8 nitrogen and oxygen atoms in total. The number of nitrogens with two attached hydrogens (primary N) is 1. The van der Waals surface area contributed by atoms with Gasteiger partial charge in [0.2, 0.25) is 0 Å². The Morgan fingerprint density at radius 2 is 0.946 bits per heavy atom. The highest BCUT2D eigenvalue weighted by Crippen LogP contribution is 2.43. The number of hydrogen-bond acceptors (Lipinski definition) is 7. The third kappa shape index (κ3) is 43.6. The monoisotopic (exact) mass is 810 g/mol. The fourth-order valence-corrected chi connectivity index (χ4v) is 7.06. The highest BCUT2D eigenvalue weighted by molar-refractivity contribution is 7.47. The van der Waals surface area contributed by atoms with Crippen LogP contribution in [0.1, 0.15) is 206 Å². The lowest BCUT2D eigenvalue weighted by atomic mass is 10.1. The van der Waals surface area contributed by atoms with Crippen LogP contribution in [-0.2, 0) is 27.9 Å². The average Bonchev–Trinajstić information content (AvgIpc) is 3.19. The second kappa shape index (κ2) is 44.6. The quantitative estimate of drug-likeness (QED) is 0.0270. The van der Waals surface area contributed by atoms with E-state index in [1.54, 1.807) is 0 Å². The summed E-state index contributed by atoms with van der Waals surface area (Å²) in [5.41, 5.74) is 5.38. The van der Waals surface area contributed by atoms with Crippen LogP contribution in [0.15, 0.2) is 48.6 Å². The third-order valence-corrected chi connectivity index (χ3v) is 10.7. The Morgan fingerprint density at radius 3 is 1.39 bits per heavy atom. The van der Waals surface area contributed by atoms with Crippen LogP contribution in [-0.4, -0.2) is 49.9 Å². The molecule has 2 unspecified atom stereocenters. The van der Waals surface area contributed by atoms with Crippen molar-refractivity contribution in [2.75, 3.05) is 33.0 Å². The van der Waals surface area contributed by atoms with Crippen LogP contribution >= 0.6 is 7.82 Å². The van der Waals surface area contributed by atoms with Crippen LogP contribution in [0.3, 0.4) is 0 Å². The number of hydrogen-bond donors (Lipinski definition) is 2. The normalized spacial score (nSPS) is 13.9. The molecule has 0 aliphatic rings. The molecular formula is C47H88NO7P. The maximum Gasteiger partial charge on any atom is 0.472 e. The van der Waals surface area contributed by atoms with Crippen molar-refractivity contribution in [1.82, 2.24) is 0 Å². The highest BCUT2D eigenvalue weighted by atomic mass is 31.2. The zero-order chi connectivity index (χ0) is 40.9. The first kappa shape index (κ1) is 54.5. The van der Waals surface area contributed by atoms with Crippen LogP contribution < -0.4 is 5.73 Å². The Balaban J connectivity index is 4.01. The van der Waals surface area contributed by atoms with Gasteiger partial charge in [0.15, 0.2) is 0 Å². The highest BCUT2D eigenvalue weighted by Gasteiger charge is 2.25. The van der Waals surface area contributed by atoms with Crippen LogP contribution in [0.5, 0.6) is 0 Å². The van der Waals surface area contributed by atoms with Gasteiger partial charge >= 0.3 is 13.8 Å². The summed E-state index contributed by atoms with van der Waals surface area (Å²) in [7, 11) is -4.28. The van der Waals surface area contributed by atoms with Gasteiger partial charge in [-0.1, -0.05) is 172 Å². The predicted molar refractivity (Wildman–Crippen MR) is 238 cm³/mol. The number of esters is 1. The largest absolute Gasteiger partial charge is 0.472 e. The van der Waals surface area contributed by atoms with E-state index >= 15 is 0 Å². The number of rotatable bonds is 44. The number of carbonyl (C=O) groups is 1. The van der Waals surface area contributed by atoms with Crippen molar-refractivity contribution in [2.45, 2.75) is 213 Å². The molecular weight excluding hydrogens is 721 g/mol. The van der Waals surface area contributed by atoms with Gasteiger partial charge in [-0.2, -0.15) is 0 Å². The molecule has 0 saturated heterocycles. The Kier molecular flexibility index (Phi) is 43.3. The Labute approximate surface area is 345 Å². The summed E-state index contributed by atoms with van der Waals surface area (Å²) in [4.78, 5) is 22.5. The van der Waals surface area contributed by atoms with E-state index in [1.165, 1.54) is 141 Å². The van der Waals surface area contributed by atoms with E-state index in [0.717, 1.165) is 44.9 Å². The molecule has 0 aromatic heterocycles. The van der Waals surface area contributed by atoms with Crippen LogP contribution in [0.4, 0.5) is 0 Å². The summed E-state index contributed by atoms with van der Waals surface area (Å²) in [5, 5.41) is 0. The number of ether oxygens (including phenoxy) is 2. The van der Waals surface area contributed by atoms with Crippen molar-refractivity contribution in [3.8, 4) is 0 Å². The molecule has 3 N–H and O–H groups in total. The second-order valence-corrected chi connectivity index (χ2v) is 16.7. The van der Waals surface area contributed by atoms with E-state index in [4.69, 9.17) is 24.3 Å². The minimum Gasteiger partial charge on any atom is -0.457 e. The molecule has 0 amide bonds. The van der Waals surface area contributed by atoms with Gasteiger partial charge in [0, 0.05) is 19.6 Å². The first-order valence-electron chi connectivity index (χ1n) is 23.1. The molecule has 0 radical (unpaired) electrons. The van der Waals surface area contributed by atoms with Crippen LogP contribution in [0.2, 0.25) is 0 Å². The van der Waals surface area contributed by atoms with Crippen molar-refractivity contribution in [3.63, 3.8) is 0 Å². The van der Waals surface area contributed by atoms with Crippen LogP contribution in [0.25, 0.3) is 0 Å². The summed E-state index contributed by atoms with van der Waals surface area (Å²) in [5.74, 6) is -0.337. The molecule has 0 fully saturated rings. The minimum atomic E-state index is -4.28. The van der Waals surface area contributed by atoms with Crippen molar-refractivity contribution in [1.29, 1.82) is 0 Å². The third-order valence-electron chi connectivity index (χ3n) is 9.72. The van der Waals surface area contributed by atoms with Crippen molar-refractivity contribution < 1.29 is 32.8 Å². The van der Waals surface area contributed by atoms with Gasteiger partial charge < -0.3 is 20.1 Å². The number of allylic oxidation sites excluding steroid dienone is 8. The maximum absolute atomic E-state index is 12.6.